The zero-order valence-electron chi connectivity index (χ0n) is 16.2. The van der Waals surface area contributed by atoms with Gasteiger partial charge in [0.05, 0.1) is 7.11 Å². The Morgan fingerprint density at radius 1 is 1.17 bits per heavy atom. The van der Waals surface area contributed by atoms with Gasteiger partial charge in [0, 0.05) is 17.3 Å². The number of aromatic nitrogens is 3. The Balaban J connectivity index is 1.53. The van der Waals surface area contributed by atoms with Crippen LogP contribution in [0.3, 0.4) is 0 Å². The Hall–Kier alpha value is -3.87. The predicted molar refractivity (Wildman–Crippen MR) is 113 cm³/mol. The third-order valence-electron chi connectivity index (χ3n) is 4.54. The molecule has 2 aromatic carbocycles. The molecule has 1 amide bonds. The van der Waals surface area contributed by atoms with Gasteiger partial charge >= 0.3 is 0 Å². The van der Waals surface area contributed by atoms with Crippen molar-refractivity contribution in [3.63, 3.8) is 0 Å². The molecule has 0 saturated heterocycles. The van der Waals surface area contributed by atoms with Crippen molar-refractivity contribution in [3.05, 3.63) is 83.6 Å². The number of allylic oxidation sites excluding steroid dienone is 2. The first-order valence-corrected chi connectivity index (χ1v) is 9.23. The SMILES string of the molecule is COc1ccccc1C=CC(=O)Nc1nc2n(n1)C(c1ccccc1)C=C(C)N2. The number of carbonyl (C=O) groups excluding carboxylic acids is 1. The lowest BCUT2D eigenvalue weighted by Gasteiger charge is -2.22. The van der Waals surface area contributed by atoms with Gasteiger partial charge in [0.1, 0.15) is 11.8 Å². The Kier molecular flexibility index (Phi) is 5.11. The highest BCUT2D eigenvalue weighted by atomic mass is 16.5. The lowest BCUT2D eigenvalue weighted by molar-refractivity contribution is -0.111. The highest BCUT2D eigenvalue weighted by molar-refractivity contribution is 6.01. The number of anilines is 2. The molecule has 146 valence electrons. The van der Waals surface area contributed by atoms with Crippen LogP contribution in [0.25, 0.3) is 6.08 Å². The average Bonchev–Trinajstić information content (AvgIpc) is 3.14. The molecule has 1 aliphatic rings. The van der Waals surface area contributed by atoms with E-state index in [1.165, 1.54) is 6.08 Å². The maximum atomic E-state index is 12.4. The summed E-state index contributed by atoms with van der Waals surface area (Å²) >= 11 is 0. The second kappa shape index (κ2) is 8.02. The van der Waals surface area contributed by atoms with E-state index in [0.29, 0.717) is 11.7 Å². The summed E-state index contributed by atoms with van der Waals surface area (Å²) in [6.07, 6.45) is 5.20. The number of para-hydroxylation sites is 1. The molecule has 1 aromatic heterocycles. The summed E-state index contributed by atoms with van der Waals surface area (Å²) in [5.74, 6) is 1.21. The summed E-state index contributed by atoms with van der Waals surface area (Å²) < 4.78 is 7.06. The lowest BCUT2D eigenvalue weighted by Crippen LogP contribution is -2.19. The molecule has 3 aromatic rings. The second-order valence-corrected chi connectivity index (χ2v) is 6.60. The molecule has 0 saturated carbocycles. The Morgan fingerprint density at radius 3 is 2.72 bits per heavy atom. The summed E-state index contributed by atoms with van der Waals surface area (Å²) in [6, 6.07) is 17.4. The molecule has 4 rings (SSSR count). The van der Waals surface area contributed by atoms with Crippen LogP contribution in [0.15, 0.2) is 72.4 Å². The zero-order chi connectivity index (χ0) is 20.2. The molecule has 1 atom stereocenters. The molecule has 0 bridgehead atoms. The number of ether oxygens (including phenoxy) is 1. The van der Waals surface area contributed by atoms with E-state index in [-0.39, 0.29) is 17.9 Å². The smallest absolute Gasteiger partial charge is 0.250 e. The van der Waals surface area contributed by atoms with Crippen molar-refractivity contribution in [2.24, 2.45) is 0 Å². The van der Waals surface area contributed by atoms with E-state index in [1.54, 1.807) is 17.9 Å². The number of rotatable bonds is 5. The largest absolute Gasteiger partial charge is 0.496 e. The number of nitrogens with one attached hydrogen (secondary N) is 2. The van der Waals surface area contributed by atoms with E-state index in [0.717, 1.165) is 16.8 Å². The number of benzene rings is 2. The monoisotopic (exact) mass is 387 g/mol. The van der Waals surface area contributed by atoms with Crippen molar-refractivity contribution < 1.29 is 9.53 Å². The van der Waals surface area contributed by atoms with Gasteiger partial charge in [-0.2, -0.15) is 4.98 Å². The molecule has 2 N–H and O–H groups in total. The van der Waals surface area contributed by atoms with Crippen LogP contribution in [0, 0.1) is 0 Å². The molecule has 29 heavy (non-hydrogen) atoms. The maximum absolute atomic E-state index is 12.4. The Morgan fingerprint density at radius 2 is 1.93 bits per heavy atom. The Labute approximate surface area is 168 Å². The van der Waals surface area contributed by atoms with E-state index in [1.807, 2.05) is 61.5 Å². The summed E-state index contributed by atoms with van der Waals surface area (Å²) in [5.41, 5.74) is 2.88. The highest BCUT2D eigenvalue weighted by Crippen LogP contribution is 2.29. The summed E-state index contributed by atoms with van der Waals surface area (Å²) in [6.45, 7) is 1.97. The molecular formula is C22H21N5O2. The highest BCUT2D eigenvalue weighted by Gasteiger charge is 2.23. The van der Waals surface area contributed by atoms with E-state index in [2.05, 4.69) is 26.8 Å². The van der Waals surface area contributed by atoms with Crippen molar-refractivity contribution in [3.8, 4) is 5.75 Å². The number of carbonyl (C=O) groups is 1. The van der Waals surface area contributed by atoms with Crippen molar-refractivity contribution >= 4 is 23.9 Å². The first-order chi connectivity index (χ1) is 14.1. The van der Waals surface area contributed by atoms with Crippen LogP contribution in [0.1, 0.15) is 24.1 Å². The van der Waals surface area contributed by atoms with Crippen LogP contribution >= 0.6 is 0 Å². The summed E-state index contributed by atoms with van der Waals surface area (Å²) in [5, 5.41) is 10.4. The van der Waals surface area contributed by atoms with Gasteiger partial charge in [-0.15, -0.1) is 5.10 Å². The van der Waals surface area contributed by atoms with E-state index < -0.39 is 0 Å². The molecule has 1 unspecified atom stereocenters. The third kappa shape index (κ3) is 4.03. The van der Waals surface area contributed by atoms with Gasteiger partial charge in [0.25, 0.3) is 11.9 Å². The van der Waals surface area contributed by atoms with Gasteiger partial charge in [0.15, 0.2) is 0 Å². The van der Waals surface area contributed by atoms with Gasteiger partial charge in [-0.05, 0) is 30.7 Å². The van der Waals surface area contributed by atoms with E-state index in [4.69, 9.17) is 4.74 Å². The second-order valence-electron chi connectivity index (χ2n) is 6.60. The summed E-state index contributed by atoms with van der Waals surface area (Å²) in [4.78, 5) is 16.8. The van der Waals surface area contributed by atoms with Crippen molar-refractivity contribution in [2.45, 2.75) is 13.0 Å². The minimum Gasteiger partial charge on any atom is -0.496 e. The van der Waals surface area contributed by atoms with Gasteiger partial charge in [-0.25, -0.2) is 4.68 Å². The lowest BCUT2D eigenvalue weighted by atomic mass is 10.1. The van der Waals surface area contributed by atoms with E-state index in [9.17, 15) is 4.79 Å². The number of amides is 1. The van der Waals surface area contributed by atoms with Crippen LogP contribution in [-0.2, 0) is 4.79 Å². The van der Waals surface area contributed by atoms with Crippen LogP contribution < -0.4 is 15.4 Å². The first kappa shape index (κ1) is 18.5. The molecule has 0 radical (unpaired) electrons. The topological polar surface area (TPSA) is 81.1 Å². The molecule has 2 heterocycles. The van der Waals surface area contributed by atoms with Crippen molar-refractivity contribution in [1.82, 2.24) is 14.8 Å². The predicted octanol–water partition coefficient (Wildman–Crippen LogP) is 3.86. The first-order valence-electron chi connectivity index (χ1n) is 9.23. The number of hydrogen-bond acceptors (Lipinski definition) is 5. The van der Waals surface area contributed by atoms with Crippen LogP contribution in [0.4, 0.5) is 11.9 Å². The maximum Gasteiger partial charge on any atom is 0.250 e. The molecule has 0 fully saturated rings. The molecule has 1 aliphatic heterocycles. The quantitative estimate of drug-likeness (QED) is 0.650. The Bertz CT molecular complexity index is 1090. The van der Waals surface area contributed by atoms with Crippen LogP contribution in [-0.4, -0.2) is 27.8 Å². The van der Waals surface area contributed by atoms with Crippen molar-refractivity contribution in [2.75, 3.05) is 17.7 Å². The fourth-order valence-corrected chi connectivity index (χ4v) is 3.19. The number of fused-ring (bicyclic) bond motifs is 1. The molecule has 7 nitrogen and oxygen atoms in total. The number of hydrogen-bond donors (Lipinski definition) is 2. The summed E-state index contributed by atoms with van der Waals surface area (Å²) in [7, 11) is 1.60. The average molecular weight is 387 g/mol. The fourth-order valence-electron chi connectivity index (χ4n) is 3.19. The van der Waals surface area contributed by atoms with E-state index >= 15 is 0 Å². The van der Waals surface area contributed by atoms with Gasteiger partial charge in [-0.3, -0.25) is 10.1 Å². The molecular weight excluding hydrogens is 366 g/mol. The van der Waals surface area contributed by atoms with Gasteiger partial charge < -0.3 is 10.1 Å². The minimum absolute atomic E-state index is 0.0882. The molecule has 0 aliphatic carbocycles. The molecule has 7 heteroatoms. The standard InChI is InChI=1S/C22H21N5O2/c1-15-14-18(16-8-4-3-5-9-16)27-22(23-15)25-21(26-27)24-20(28)13-12-17-10-6-7-11-19(17)29-2/h3-14,18H,1-2H3,(H2,23,24,25,26,28). The zero-order valence-corrected chi connectivity index (χ0v) is 16.2. The fraction of sp³-hybridized carbons (Fsp3) is 0.136. The number of nitrogens with zero attached hydrogens (tertiary/aromatic N) is 3. The van der Waals surface area contributed by atoms with Crippen LogP contribution in [0.2, 0.25) is 0 Å². The third-order valence-corrected chi connectivity index (χ3v) is 4.54. The van der Waals surface area contributed by atoms with Crippen molar-refractivity contribution in [1.29, 1.82) is 0 Å². The molecule has 0 spiro atoms. The van der Waals surface area contributed by atoms with Crippen LogP contribution in [0.5, 0.6) is 5.75 Å². The van der Waals surface area contributed by atoms with Gasteiger partial charge in [0.2, 0.25) is 5.95 Å². The van der Waals surface area contributed by atoms with Gasteiger partial charge in [-0.1, -0.05) is 48.5 Å². The number of methoxy groups -OCH3 is 1. The normalized spacial score (nSPS) is 15.4. The minimum atomic E-state index is -0.320.